The summed E-state index contributed by atoms with van der Waals surface area (Å²) >= 11 is 8.38. The van der Waals surface area contributed by atoms with E-state index < -0.39 is 0 Å². The van der Waals surface area contributed by atoms with Gasteiger partial charge in [-0.3, -0.25) is 14.5 Å². The van der Waals surface area contributed by atoms with Gasteiger partial charge in [-0.25, -0.2) is 4.98 Å². The molecule has 0 aliphatic heterocycles. The molecule has 0 radical (unpaired) electrons. The Kier molecular flexibility index (Phi) is 5.93. The first-order valence-corrected chi connectivity index (χ1v) is 12.5. The molecule has 0 saturated carbocycles. The van der Waals surface area contributed by atoms with E-state index in [1.54, 1.807) is 17.5 Å². The molecule has 8 heteroatoms. The molecule has 0 aromatic carbocycles. The molecular weight excluding hydrogens is 454 g/mol. The maximum Gasteiger partial charge on any atom is 0.260 e. The van der Waals surface area contributed by atoms with Gasteiger partial charge >= 0.3 is 0 Å². The van der Waals surface area contributed by atoms with E-state index in [1.165, 1.54) is 16.9 Å². The molecule has 5 rings (SSSR count). The monoisotopic (exact) mass is 479 g/mol. The quantitative estimate of drug-likeness (QED) is 0.400. The largest absolute Gasteiger partial charge is 0.306 e. The summed E-state index contributed by atoms with van der Waals surface area (Å²) in [5.74, 6) is 0.913. The molecule has 0 bridgehead atoms. The van der Waals surface area contributed by atoms with Crippen LogP contribution in [0.2, 0.25) is 5.15 Å². The second kappa shape index (κ2) is 8.88. The number of nitrogens with one attached hydrogen (secondary N) is 1. The number of nitrogens with zero attached hydrogens (tertiary/aromatic N) is 4. The van der Waals surface area contributed by atoms with Crippen LogP contribution in [0.1, 0.15) is 59.9 Å². The van der Waals surface area contributed by atoms with Gasteiger partial charge in [0.25, 0.3) is 5.56 Å². The van der Waals surface area contributed by atoms with E-state index >= 15 is 0 Å². The predicted octanol–water partition coefficient (Wildman–Crippen LogP) is 5.66. The Morgan fingerprint density at radius 2 is 2.12 bits per heavy atom. The zero-order valence-corrected chi connectivity index (χ0v) is 20.6. The predicted molar refractivity (Wildman–Crippen MR) is 135 cm³/mol. The molecule has 4 heterocycles. The van der Waals surface area contributed by atoms with Gasteiger partial charge in [-0.05, 0) is 62.3 Å². The van der Waals surface area contributed by atoms with Crippen molar-refractivity contribution in [2.24, 2.45) is 5.92 Å². The van der Waals surface area contributed by atoms with E-state index in [-0.39, 0.29) is 5.56 Å². The Hall–Kier alpha value is -2.77. The molecular formula is C25H26ClN5OS. The topological polar surface area (TPSA) is 76.5 Å². The number of H-pyrrole nitrogens is 1. The second-order valence-electron chi connectivity index (χ2n) is 8.94. The molecule has 0 amide bonds. The third-order valence-electron chi connectivity index (χ3n) is 5.96. The Bertz CT molecular complexity index is 1410. The van der Waals surface area contributed by atoms with Gasteiger partial charge in [0.05, 0.1) is 16.8 Å². The lowest BCUT2D eigenvalue weighted by Crippen LogP contribution is -2.13. The van der Waals surface area contributed by atoms with Crippen LogP contribution in [0.15, 0.2) is 29.2 Å². The van der Waals surface area contributed by atoms with E-state index in [1.807, 2.05) is 35.9 Å². The van der Waals surface area contributed by atoms with Gasteiger partial charge in [-0.1, -0.05) is 31.5 Å². The maximum atomic E-state index is 13.2. The van der Waals surface area contributed by atoms with Crippen molar-refractivity contribution in [2.45, 2.75) is 53.0 Å². The Morgan fingerprint density at radius 1 is 1.30 bits per heavy atom. The van der Waals surface area contributed by atoms with Crippen LogP contribution in [0.4, 0.5) is 0 Å². The first-order chi connectivity index (χ1) is 15.9. The average molecular weight is 480 g/mol. The fourth-order valence-corrected chi connectivity index (χ4v) is 5.98. The summed E-state index contributed by atoms with van der Waals surface area (Å²) in [5.41, 5.74) is 4.16. The first-order valence-electron chi connectivity index (χ1n) is 11.3. The molecule has 1 N–H and O–H groups in total. The number of thiophene rings is 1. The zero-order chi connectivity index (χ0) is 23.1. The molecule has 0 saturated heterocycles. The van der Waals surface area contributed by atoms with Crippen LogP contribution in [-0.2, 0) is 19.4 Å². The number of pyridine rings is 1. The standard InChI is InChI=1S/C25H26ClN5OS/c1-14(2)13-31-22(26)17(15(3)30-31)12-18(19-9-6-7-11-27-19)23-28-24(32)21-16-8-4-5-10-20(16)33-25(21)29-23/h6-7,9,11-12,14H,4-5,8,10,13H2,1-3H3,(H,28,29,32)/b18-12-. The van der Waals surface area contributed by atoms with Crippen molar-refractivity contribution in [3.05, 3.63) is 73.1 Å². The van der Waals surface area contributed by atoms with Gasteiger partial charge in [0, 0.05) is 28.8 Å². The van der Waals surface area contributed by atoms with E-state index in [4.69, 9.17) is 16.6 Å². The minimum Gasteiger partial charge on any atom is -0.306 e. The highest BCUT2D eigenvalue weighted by Crippen LogP contribution is 2.35. The third-order valence-corrected chi connectivity index (χ3v) is 7.54. The summed E-state index contributed by atoms with van der Waals surface area (Å²) in [7, 11) is 0. The van der Waals surface area contributed by atoms with Crippen molar-refractivity contribution in [2.75, 3.05) is 0 Å². The Labute approximate surface area is 201 Å². The van der Waals surface area contributed by atoms with Crippen molar-refractivity contribution in [3.63, 3.8) is 0 Å². The molecule has 33 heavy (non-hydrogen) atoms. The Balaban J connectivity index is 1.70. The van der Waals surface area contributed by atoms with Crippen LogP contribution >= 0.6 is 22.9 Å². The van der Waals surface area contributed by atoms with Crippen molar-refractivity contribution in [3.8, 4) is 0 Å². The molecule has 6 nitrogen and oxygen atoms in total. The molecule has 1 aliphatic rings. The summed E-state index contributed by atoms with van der Waals surface area (Å²) in [6.07, 6.45) is 7.95. The summed E-state index contributed by atoms with van der Waals surface area (Å²) in [6.45, 7) is 6.94. The number of fused-ring (bicyclic) bond motifs is 3. The lowest BCUT2D eigenvalue weighted by atomic mass is 9.97. The van der Waals surface area contributed by atoms with Crippen molar-refractivity contribution in [1.82, 2.24) is 24.7 Å². The fourth-order valence-electron chi connectivity index (χ4n) is 4.42. The summed E-state index contributed by atoms with van der Waals surface area (Å²) in [4.78, 5) is 27.8. The van der Waals surface area contributed by atoms with Crippen molar-refractivity contribution >= 4 is 44.8 Å². The smallest absolute Gasteiger partial charge is 0.260 e. The van der Waals surface area contributed by atoms with Gasteiger partial charge in [0.2, 0.25) is 0 Å². The highest BCUT2D eigenvalue weighted by molar-refractivity contribution is 7.18. The number of halogens is 1. The number of rotatable bonds is 5. The van der Waals surface area contributed by atoms with E-state index in [2.05, 4.69) is 28.9 Å². The molecule has 0 atom stereocenters. The van der Waals surface area contributed by atoms with Crippen LogP contribution in [0.3, 0.4) is 0 Å². The van der Waals surface area contributed by atoms with Gasteiger partial charge in [-0.15, -0.1) is 11.3 Å². The van der Waals surface area contributed by atoms with Gasteiger partial charge in [0.15, 0.2) is 0 Å². The number of aromatic nitrogens is 5. The number of hydrogen-bond acceptors (Lipinski definition) is 5. The lowest BCUT2D eigenvalue weighted by molar-refractivity contribution is 0.482. The minimum atomic E-state index is -0.0884. The first kappa shape index (κ1) is 22.0. The molecule has 4 aromatic heterocycles. The van der Waals surface area contributed by atoms with Crippen LogP contribution in [0, 0.1) is 12.8 Å². The van der Waals surface area contributed by atoms with Gasteiger partial charge < -0.3 is 4.98 Å². The van der Waals surface area contributed by atoms with E-state index in [0.717, 1.165) is 52.9 Å². The second-order valence-corrected chi connectivity index (χ2v) is 10.4. The molecule has 170 valence electrons. The number of hydrogen-bond donors (Lipinski definition) is 1. The average Bonchev–Trinajstić information content (AvgIpc) is 3.29. The highest BCUT2D eigenvalue weighted by Gasteiger charge is 2.22. The summed E-state index contributed by atoms with van der Waals surface area (Å²) in [5, 5.41) is 5.95. The SMILES string of the molecule is Cc1nn(CC(C)C)c(Cl)c1/C=C(/c1ccccn1)c1nc2sc3c(c2c(=O)[nH]1)CCCC3. The normalized spacial score (nSPS) is 14.3. The van der Waals surface area contributed by atoms with Crippen LogP contribution in [0.5, 0.6) is 0 Å². The summed E-state index contributed by atoms with van der Waals surface area (Å²) in [6, 6.07) is 5.71. The van der Waals surface area contributed by atoms with Crippen molar-refractivity contribution in [1.29, 1.82) is 0 Å². The summed E-state index contributed by atoms with van der Waals surface area (Å²) < 4.78 is 1.83. The molecule has 0 unspecified atom stereocenters. The minimum absolute atomic E-state index is 0.0884. The van der Waals surface area contributed by atoms with Crippen LogP contribution in [-0.4, -0.2) is 24.7 Å². The lowest BCUT2D eigenvalue weighted by Gasteiger charge is -2.10. The number of aromatic amines is 1. The van der Waals surface area contributed by atoms with Crippen LogP contribution in [0.25, 0.3) is 21.9 Å². The third kappa shape index (κ3) is 4.15. The van der Waals surface area contributed by atoms with E-state index in [0.29, 0.717) is 22.6 Å². The fraction of sp³-hybridized carbons (Fsp3) is 0.360. The highest BCUT2D eigenvalue weighted by atomic mass is 35.5. The van der Waals surface area contributed by atoms with Gasteiger partial charge in [-0.2, -0.15) is 5.10 Å². The number of aryl methyl sites for hydroxylation is 3. The molecule has 0 spiro atoms. The van der Waals surface area contributed by atoms with Gasteiger partial charge in [0.1, 0.15) is 15.8 Å². The Morgan fingerprint density at radius 3 is 2.88 bits per heavy atom. The zero-order valence-electron chi connectivity index (χ0n) is 19.0. The van der Waals surface area contributed by atoms with E-state index in [9.17, 15) is 4.79 Å². The van der Waals surface area contributed by atoms with Crippen molar-refractivity contribution < 1.29 is 0 Å². The molecule has 4 aromatic rings. The van der Waals surface area contributed by atoms with Crippen LogP contribution < -0.4 is 5.56 Å². The maximum absolute atomic E-state index is 13.2. The molecule has 0 fully saturated rings. The molecule has 1 aliphatic carbocycles.